The number of hydrogen-bond acceptors (Lipinski definition) is 2. The standard InChI is InChI=1S/C16H30N2O/c1-15(2,3)17-11-9-12-8-7-10-18(16(4,5)6)14(19)13(12)17/h12-13H,7-11H2,1-6H3. The lowest BCUT2D eigenvalue weighted by Crippen LogP contribution is -2.56. The summed E-state index contributed by atoms with van der Waals surface area (Å²) in [5.41, 5.74) is 0.0289. The number of hydrogen-bond donors (Lipinski definition) is 0. The van der Waals surface area contributed by atoms with Crippen molar-refractivity contribution in [2.45, 2.75) is 77.9 Å². The molecule has 3 heteroatoms. The Morgan fingerprint density at radius 3 is 2.11 bits per heavy atom. The quantitative estimate of drug-likeness (QED) is 0.673. The minimum absolute atomic E-state index is 0.0574. The van der Waals surface area contributed by atoms with Gasteiger partial charge in [0.05, 0.1) is 6.04 Å². The van der Waals surface area contributed by atoms with Gasteiger partial charge in [0, 0.05) is 17.6 Å². The fourth-order valence-corrected chi connectivity index (χ4v) is 3.69. The van der Waals surface area contributed by atoms with Crippen LogP contribution in [0.15, 0.2) is 0 Å². The maximum absolute atomic E-state index is 13.0. The van der Waals surface area contributed by atoms with Crippen molar-refractivity contribution in [2.24, 2.45) is 5.92 Å². The van der Waals surface area contributed by atoms with Gasteiger partial charge in [-0.3, -0.25) is 9.69 Å². The lowest BCUT2D eigenvalue weighted by Gasteiger charge is -2.42. The third-order valence-corrected chi connectivity index (χ3v) is 4.67. The van der Waals surface area contributed by atoms with E-state index in [-0.39, 0.29) is 17.1 Å². The van der Waals surface area contributed by atoms with Crippen LogP contribution in [0, 0.1) is 5.92 Å². The fraction of sp³-hybridized carbons (Fsp3) is 0.938. The molecule has 2 aliphatic rings. The molecule has 0 aliphatic carbocycles. The van der Waals surface area contributed by atoms with Crippen molar-refractivity contribution in [1.29, 1.82) is 0 Å². The maximum Gasteiger partial charge on any atom is 0.240 e. The molecule has 0 spiro atoms. The SMILES string of the molecule is CC(C)(C)N1CCCC2CCN(C(C)(C)C)C2C1=O. The highest BCUT2D eigenvalue weighted by Crippen LogP contribution is 2.37. The van der Waals surface area contributed by atoms with Gasteiger partial charge < -0.3 is 4.90 Å². The average molecular weight is 266 g/mol. The van der Waals surface area contributed by atoms with Gasteiger partial charge in [-0.15, -0.1) is 0 Å². The Morgan fingerprint density at radius 2 is 1.58 bits per heavy atom. The molecule has 3 nitrogen and oxygen atoms in total. The Kier molecular flexibility index (Phi) is 3.72. The van der Waals surface area contributed by atoms with E-state index in [0.29, 0.717) is 11.8 Å². The van der Waals surface area contributed by atoms with Crippen LogP contribution < -0.4 is 0 Å². The Labute approximate surface area is 118 Å². The molecule has 0 aromatic heterocycles. The average Bonchev–Trinajstić information content (AvgIpc) is 2.58. The molecule has 110 valence electrons. The van der Waals surface area contributed by atoms with E-state index in [0.717, 1.165) is 19.5 Å². The maximum atomic E-state index is 13.0. The first-order chi connectivity index (χ1) is 8.62. The highest BCUT2D eigenvalue weighted by atomic mass is 16.2. The molecule has 0 radical (unpaired) electrons. The van der Waals surface area contributed by atoms with Crippen LogP contribution in [0.5, 0.6) is 0 Å². The van der Waals surface area contributed by atoms with E-state index in [1.807, 2.05) is 0 Å². The van der Waals surface area contributed by atoms with E-state index in [1.165, 1.54) is 12.8 Å². The Hall–Kier alpha value is -0.570. The van der Waals surface area contributed by atoms with Crippen LogP contribution in [0.4, 0.5) is 0 Å². The van der Waals surface area contributed by atoms with Gasteiger partial charge in [-0.25, -0.2) is 0 Å². The van der Waals surface area contributed by atoms with Crippen molar-refractivity contribution in [2.75, 3.05) is 13.1 Å². The first kappa shape index (κ1) is 14.8. The number of rotatable bonds is 0. The van der Waals surface area contributed by atoms with Gasteiger partial charge in [-0.1, -0.05) is 0 Å². The molecule has 2 atom stereocenters. The summed E-state index contributed by atoms with van der Waals surface area (Å²) in [5.74, 6) is 0.932. The zero-order chi connectivity index (χ0) is 14.4. The van der Waals surface area contributed by atoms with E-state index in [1.54, 1.807) is 0 Å². The van der Waals surface area contributed by atoms with Gasteiger partial charge in [0.25, 0.3) is 0 Å². The number of fused-ring (bicyclic) bond motifs is 1. The van der Waals surface area contributed by atoms with E-state index in [9.17, 15) is 4.79 Å². The molecule has 0 saturated carbocycles. The fourth-order valence-electron chi connectivity index (χ4n) is 3.69. The minimum atomic E-state index is -0.0574. The number of amides is 1. The molecule has 0 N–H and O–H groups in total. The van der Waals surface area contributed by atoms with Crippen LogP contribution >= 0.6 is 0 Å². The van der Waals surface area contributed by atoms with Crippen molar-refractivity contribution in [1.82, 2.24) is 9.80 Å². The monoisotopic (exact) mass is 266 g/mol. The normalized spacial score (nSPS) is 30.4. The third kappa shape index (κ3) is 2.81. The second-order valence-electron chi connectivity index (χ2n) is 8.16. The number of carbonyl (C=O) groups is 1. The molecule has 0 aromatic carbocycles. The molecule has 0 aromatic rings. The summed E-state index contributed by atoms with van der Waals surface area (Å²) >= 11 is 0. The highest BCUT2D eigenvalue weighted by molar-refractivity contribution is 5.83. The molecule has 2 unspecified atom stereocenters. The lowest BCUT2D eigenvalue weighted by molar-refractivity contribution is -0.142. The van der Waals surface area contributed by atoms with Crippen LogP contribution in [-0.2, 0) is 4.79 Å². The predicted molar refractivity (Wildman–Crippen MR) is 79.1 cm³/mol. The Bertz CT molecular complexity index is 351. The molecule has 1 amide bonds. The van der Waals surface area contributed by atoms with Gasteiger partial charge in [0.15, 0.2) is 0 Å². The van der Waals surface area contributed by atoms with Crippen LogP contribution in [0.2, 0.25) is 0 Å². The van der Waals surface area contributed by atoms with Gasteiger partial charge in [0.2, 0.25) is 5.91 Å². The summed E-state index contributed by atoms with van der Waals surface area (Å²) in [4.78, 5) is 17.6. The summed E-state index contributed by atoms with van der Waals surface area (Å²) < 4.78 is 0. The van der Waals surface area contributed by atoms with Gasteiger partial charge >= 0.3 is 0 Å². The van der Waals surface area contributed by atoms with E-state index in [4.69, 9.17) is 0 Å². The zero-order valence-corrected chi connectivity index (χ0v) is 13.5. The summed E-state index contributed by atoms with van der Waals surface area (Å²) in [6, 6.07) is 0.113. The number of nitrogens with zero attached hydrogens (tertiary/aromatic N) is 2. The summed E-state index contributed by atoms with van der Waals surface area (Å²) in [6.45, 7) is 15.2. The molecule has 2 aliphatic heterocycles. The van der Waals surface area contributed by atoms with Gasteiger partial charge in [0.1, 0.15) is 0 Å². The molecule has 19 heavy (non-hydrogen) atoms. The first-order valence-electron chi connectivity index (χ1n) is 7.70. The van der Waals surface area contributed by atoms with Crippen LogP contribution in [-0.4, -0.2) is 45.9 Å². The van der Waals surface area contributed by atoms with Crippen LogP contribution in [0.1, 0.15) is 60.8 Å². The molecule has 0 bridgehead atoms. The predicted octanol–water partition coefficient (Wildman–Crippen LogP) is 2.90. The van der Waals surface area contributed by atoms with Crippen LogP contribution in [0.3, 0.4) is 0 Å². The molecular formula is C16H30N2O. The lowest BCUT2D eigenvalue weighted by atomic mass is 9.94. The first-order valence-corrected chi connectivity index (χ1v) is 7.70. The molecule has 2 saturated heterocycles. The van der Waals surface area contributed by atoms with Crippen molar-refractivity contribution < 1.29 is 4.79 Å². The minimum Gasteiger partial charge on any atom is -0.336 e. The highest BCUT2D eigenvalue weighted by Gasteiger charge is 2.47. The van der Waals surface area contributed by atoms with Crippen molar-refractivity contribution in [3.63, 3.8) is 0 Å². The summed E-state index contributed by atoms with van der Waals surface area (Å²) in [5, 5.41) is 0. The van der Waals surface area contributed by atoms with E-state index >= 15 is 0 Å². The Morgan fingerprint density at radius 1 is 0.947 bits per heavy atom. The van der Waals surface area contributed by atoms with Gasteiger partial charge in [-0.2, -0.15) is 0 Å². The third-order valence-electron chi connectivity index (χ3n) is 4.67. The van der Waals surface area contributed by atoms with Crippen molar-refractivity contribution in [3.05, 3.63) is 0 Å². The zero-order valence-electron chi connectivity index (χ0n) is 13.5. The topological polar surface area (TPSA) is 23.6 Å². The largest absolute Gasteiger partial charge is 0.336 e. The second-order valence-corrected chi connectivity index (χ2v) is 8.16. The second kappa shape index (κ2) is 4.76. The molecule has 2 heterocycles. The van der Waals surface area contributed by atoms with Crippen molar-refractivity contribution >= 4 is 5.91 Å². The van der Waals surface area contributed by atoms with Crippen LogP contribution in [0.25, 0.3) is 0 Å². The Balaban J connectivity index is 2.29. The summed E-state index contributed by atoms with van der Waals surface area (Å²) in [7, 11) is 0. The van der Waals surface area contributed by atoms with E-state index in [2.05, 4.69) is 51.3 Å². The number of carbonyl (C=O) groups excluding carboxylic acids is 1. The van der Waals surface area contributed by atoms with Crippen molar-refractivity contribution in [3.8, 4) is 0 Å². The molecule has 2 fully saturated rings. The molecule has 2 rings (SSSR count). The summed E-state index contributed by atoms with van der Waals surface area (Å²) in [6.07, 6.45) is 3.55. The number of likely N-dealkylation sites (tertiary alicyclic amines) is 2. The molecular weight excluding hydrogens is 236 g/mol. The smallest absolute Gasteiger partial charge is 0.240 e. The van der Waals surface area contributed by atoms with Gasteiger partial charge in [-0.05, 0) is 73.3 Å². The van der Waals surface area contributed by atoms with E-state index < -0.39 is 0 Å².